The van der Waals surface area contributed by atoms with Crippen LogP contribution in [0, 0.1) is 0 Å². The number of carbonyl (C=O) groups is 1. The number of carbonyl (C=O) groups excluding carboxylic acids is 1. The van der Waals surface area contributed by atoms with E-state index in [2.05, 4.69) is 10.0 Å². The molecule has 140 valence electrons. The van der Waals surface area contributed by atoms with Gasteiger partial charge in [-0.1, -0.05) is 36.2 Å². The largest absolute Gasteiger partial charge is 0.325 e. The number of halogens is 2. The van der Waals surface area contributed by atoms with E-state index in [0.29, 0.717) is 28.0 Å². The van der Waals surface area contributed by atoms with E-state index in [1.807, 2.05) is 6.07 Å². The molecule has 2 aromatic rings. The second kappa shape index (κ2) is 9.62. The van der Waals surface area contributed by atoms with Crippen molar-refractivity contribution in [3.8, 4) is 0 Å². The van der Waals surface area contributed by atoms with Crippen LogP contribution < -0.4 is 10.0 Å². The van der Waals surface area contributed by atoms with Gasteiger partial charge in [0.25, 0.3) is 0 Å². The van der Waals surface area contributed by atoms with E-state index < -0.39 is 10.0 Å². The summed E-state index contributed by atoms with van der Waals surface area (Å²) in [5.74, 6) is 0.722. The molecular formula is C17H18Cl2N2O3S2. The van der Waals surface area contributed by atoms with Gasteiger partial charge in [-0.15, -0.1) is 11.8 Å². The maximum atomic E-state index is 12.0. The molecule has 0 aliphatic heterocycles. The Morgan fingerprint density at radius 1 is 1.08 bits per heavy atom. The molecule has 0 aliphatic rings. The lowest BCUT2D eigenvalue weighted by Gasteiger charge is -2.08. The lowest BCUT2D eigenvalue weighted by atomic mass is 10.2. The molecular weight excluding hydrogens is 415 g/mol. The molecule has 0 bridgehead atoms. The van der Waals surface area contributed by atoms with Crippen molar-refractivity contribution in [2.24, 2.45) is 0 Å². The maximum absolute atomic E-state index is 12.0. The highest BCUT2D eigenvalue weighted by Gasteiger charge is 2.12. The van der Waals surface area contributed by atoms with Crippen LogP contribution in [0.4, 0.5) is 5.69 Å². The van der Waals surface area contributed by atoms with Crippen LogP contribution in [0.5, 0.6) is 0 Å². The molecule has 0 unspecified atom stereocenters. The lowest BCUT2D eigenvalue weighted by Crippen LogP contribution is -2.23. The van der Waals surface area contributed by atoms with Crippen molar-refractivity contribution in [2.45, 2.75) is 17.6 Å². The van der Waals surface area contributed by atoms with Gasteiger partial charge in [0, 0.05) is 18.0 Å². The molecule has 1 amide bonds. The number of benzene rings is 2. The summed E-state index contributed by atoms with van der Waals surface area (Å²) in [5, 5.41) is 3.72. The van der Waals surface area contributed by atoms with Crippen LogP contribution in [0.2, 0.25) is 10.0 Å². The van der Waals surface area contributed by atoms with Crippen LogP contribution in [0.3, 0.4) is 0 Å². The number of amides is 1. The summed E-state index contributed by atoms with van der Waals surface area (Å²) in [7, 11) is -3.49. The number of hydrogen-bond acceptors (Lipinski definition) is 4. The zero-order chi connectivity index (χ0) is 19.2. The highest BCUT2D eigenvalue weighted by molar-refractivity contribution is 7.99. The number of rotatable bonds is 8. The molecule has 0 atom stereocenters. The van der Waals surface area contributed by atoms with E-state index in [1.54, 1.807) is 31.2 Å². The van der Waals surface area contributed by atoms with E-state index in [-0.39, 0.29) is 16.6 Å². The van der Waals surface area contributed by atoms with Crippen molar-refractivity contribution in [2.75, 3.05) is 17.6 Å². The summed E-state index contributed by atoms with van der Waals surface area (Å²) in [5.41, 5.74) is 1.52. The Kier molecular flexibility index (Phi) is 7.79. The molecule has 0 saturated carbocycles. The van der Waals surface area contributed by atoms with Crippen LogP contribution in [-0.4, -0.2) is 26.6 Å². The first-order valence-corrected chi connectivity index (χ1v) is 11.1. The van der Waals surface area contributed by atoms with E-state index >= 15 is 0 Å². The molecule has 0 spiro atoms. The minimum absolute atomic E-state index is 0.159. The fraction of sp³-hybridized carbons (Fsp3) is 0.235. The molecule has 0 radical (unpaired) electrons. The number of hydrogen-bond donors (Lipinski definition) is 2. The molecule has 26 heavy (non-hydrogen) atoms. The summed E-state index contributed by atoms with van der Waals surface area (Å²) in [6.45, 7) is 2.03. The standard InChI is InChI=1S/C17H18Cl2N2O3S2/c1-2-20-26(23,24)14-6-4-13(5-7-14)21-17(22)11-25-10-12-3-8-15(18)16(19)9-12/h3-9,20H,2,10-11H2,1H3,(H,21,22). The van der Waals surface area contributed by atoms with Crippen molar-refractivity contribution in [1.29, 1.82) is 0 Å². The van der Waals surface area contributed by atoms with Gasteiger partial charge in [0.1, 0.15) is 0 Å². The molecule has 5 nitrogen and oxygen atoms in total. The van der Waals surface area contributed by atoms with Gasteiger partial charge in [-0.3, -0.25) is 4.79 Å². The maximum Gasteiger partial charge on any atom is 0.240 e. The SMILES string of the molecule is CCNS(=O)(=O)c1ccc(NC(=O)CSCc2ccc(Cl)c(Cl)c2)cc1. The molecule has 0 saturated heterocycles. The average Bonchev–Trinajstić information content (AvgIpc) is 2.58. The first kappa shape index (κ1) is 21.1. The molecule has 0 aromatic heterocycles. The Morgan fingerprint density at radius 3 is 2.38 bits per heavy atom. The molecule has 0 aliphatic carbocycles. The predicted octanol–water partition coefficient (Wildman–Crippen LogP) is 4.16. The summed E-state index contributed by atoms with van der Waals surface area (Å²) in [6, 6.07) is 11.4. The molecule has 2 N–H and O–H groups in total. The van der Waals surface area contributed by atoms with Crippen LogP contribution in [-0.2, 0) is 20.6 Å². The Morgan fingerprint density at radius 2 is 1.77 bits per heavy atom. The van der Waals surface area contributed by atoms with Crippen molar-refractivity contribution in [1.82, 2.24) is 4.72 Å². The topological polar surface area (TPSA) is 75.3 Å². The number of anilines is 1. The Bertz CT molecular complexity index is 872. The van der Waals surface area contributed by atoms with E-state index in [1.165, 1.54) is 23.9 Å². The first-order chi connectivity index (χ1) is 12.3. The van der Waals surface area contributed by atoms with Crippen LogP contribution in [0.25, 0.3) is 0 Å². The zero-order valence-corrected chi connectivity index (χ0v) is 17.1. The fourth-order valence-electron chi connectivity index (χ4n) is 2.08. The first-order valence-electron chi connectivity index (χ1n) is 7.73. The Hall–Kier alpha value is -1.25. The lowest BCUT2D eigenvalue weighted by molar-refractivity contribution is -0.113. The molecule has 0 heterocycles. The number of nitrogens with one attached hydrogen (secondary N) is 2. The second-order valence-electron chi connectivity index (χ2n) is 5.32. The summed E-state index contributed by atoms with van der Waals surface area (Å²) < 4.78 is 26.1. The Balaban J connectivity index is 1.85. The highest BCUT2D eigenvalue weighted by Crippen LogP contribution is 2.24. The van der Waals surface area contributed by atoms with Crippen molar-refractivity contribution in [3.05, 3.63) is 58.1 Å². The van der Waals surface area contributed by atoms with Gasteiger partial charge in [0.15, 0.2) is 0 Å². The van der Waals surface area contributed by atoms with Crippen molar-refractivity contribution >= 4 is 56.6 Å². The summed E-state index contributed by atoms with van der Waals surface area (Å²) in [4.78, 5) is 12.2. The zero-order valence-electron chi connectivity index (χ0n) is 14.0. The van der Waals surface area contributed by atoms with Crippen molar-refractivity contribution in [3.63, 3.8) is 0 Å². The van der Waals surface area contributed by atoms with Gasteiger partial charge in [0.05, 0.1) is 20.7 Å². The van der Waals surface area contributed by atoms with E-state index in [0.717, 1.165) is 5.56 Å². The van der Waals surface area contributed by atoms with Crippen LogP contribution in [0.15, 0.2) is 47.4 Å². The number of thioether (sulfide) groups is 1. The van der Waals surface area contributed by atoms with E-state index in [9.17, 15) is 13.2 Å². The van der Waals surface area contributed by atoms with Gasteiger partial charge in [-0.2, -0.15) is 0 Å². The van der Waals surface area contributed by atoms with Crippen molar-refractivity contribution < 1.29 is 13.2 Å². The minimum Gasteiger partial charge on any atom is -0.325 e. The van der Waals surface area contributed by atoms with Gasteiger partial charge >= 0.3 is 0 Å². The van der Waals surface area contributed by atoms with Gasteiger partial charge in [-0.05, 0) is 42.0 Å². The second-order valence-corrected chi connectivity index (χ2v) is 8.88. The summed E-state index contributed by atoms with van der Waals surface area (Å²) >= 11 is 13.3. The third-order valence-corrected chi connectivity index (χ3v) is 6.57. The number of sulfonamides is 1. The van der Waals surface area contributed by atoms with E-state index in [4.69, 9.17) is 23.2 Å². The van der Waals surface area contributed by atoms with Gasteiger partial charge in [-0.25, -0.2) is 13.1 Å². The highest BCUT2D eigenvalue weighted by atomic mass is 35.5. The molecule has 2 rings (SSSR count). The van der Waals surface area contributed by atoms with Crippen LogP contribution in [0.1, 0.15) is 12.5 Å². The fourth-order valence-corrected chi connectivity index (χ4v) is 4.22. The minimum atomic E-state index is -3.49. The predicted molar refractivity (Wildman–Crippen MR) is 109 cm³/mol. The Labute approximate surface area is 167 Å². The smallest absolute Gasteiger partial charge is 0.240 e. The monoisotopic (exact) mass is 432 g/mol. The van der Waals surface area contributed by atoms with Crippen LogP contribution >= 0.6 is 35.0 Å². The van der Waals surface area contributed by atoms with Gasteiger partial charge in [0.2, 0.25) is 15.9 Å². The molecule has 9 heteroatoms. The van der Waals surface area contributed by atoms with Gasteiger partial charge < -0.3 is 5.32 Å². The quantitative estimate of drug-likeness (QED) is 0.656. The molecule has 2 aromatic carbocycles. The summed E-state index contributed by atoms with van der Waals surface area (Å²) in [6.07, 6.45) is 0. The normalized spacial score (nSPS) is 11.3. The third-order valence-electron chi connectivity index (χ3n) is 3.27. The molecule has 0 fully saturated rings. The third kappa shape index (κ3) is 6.17. The average molecular weight is 433 g/mol.